The minimum absolute atomic E-state index is 0.0173. The first-order valence-electron chi connectivity index (χ1n) is 13.5. The molecule has 2 atom stereocenters. The number of halogens is 1. The second-order valence-electron chi connectivity index (χ2n) is 11.0. The van der Waals surface area contributed by atoms with E-state index in [1.165, 1.54) is 6.07 Å². The van der Waals surface area contributed by atoms with Crippen LogP contribution in [0.15, 0.2) is 79.1 Å². The van der Waals surface area contributed by atoms with E-state index in [1.807, 2.05) is 61.5 Å². The molecule has 2 aromatic carbocycles. The van der Waals surface area contributed by atoms with Crippen molar-refractivity contribution in [2.45, 2.75) is 51.1 Å². The molecule has 0 fully saturated rings. The lowest BCUT2D eigenvalue weighted by Gasteiger charge is -2.33. The highest BCUT2D eigenvalue weighted by Gasteiger charge is 2.44. The summed E-state index contributed by atoms with van der Waals surface area (Å²) in [6, 6.07) is 19.4. The van der Waals surface area contributed by atoms with Gasteiger partial charge in [-0.2, -0.15) is 0 Å². The maximum Gasteiger partial charge on any atom is 0.270 e. The smallest absolute Gasteiger partial charge is 0.270 e. The molecule has 0 saturated carbocycles. The van der Waals surface area contributed by atoms with E-state index in [2.05, 4.69) is 10.3 Å². The molecule has 0 aliphatic carbocycles. The number of fused-ring (bicyclic) bond motifs is 1. The third-order valence-corrected chi connectivity index (χ3v) is 8.91. The van der Waals surface area contributed by atoms with Gasteiger partial charge in [0.15, 0.2) is 0 Å². The van der Waals surface area contributed by atoms with Gasteiger partial charge in [-0.3, -0.25) is 9.78 Å². The van der Waals surface area contributed by atoms with Crippen LogP contribution in [-0.4, -0.2) is 41.2 Å². The van der Waals surface area contributed by atoms with Gasteiger partial charge in [0.2, 0.25) is 0 Å². The number of hydrogen-bond donors (Lipinski definition) is 2. The van der Waals surface area contributed by atoms with Crippen LogP contribution in [0.2, 0.25) is 0 Å². The Morgan fingerprint density at radius 3 is 2.56 bits per heavy atom. The van der Waals surface area contributed by atoms with Crippen molar-refractivity contribution in [3.63, 3.8) is 0 Å². The fourth-order valence-corrected chi connectivity index (χ4v) is 6.49. The molecule has 0 radical (unpaired) electrons. The first-order valence-corrected chi connectivity index (χ1v) is 14.6. The highest BCUT2D eigenvalue weighted by atomic mass is 32.2. The van der Waals surface area contributed by atoms with Crippen LogP contribution in [0.4, 0.5) is 4.39 Å². The summed E-state index contributed by atoms with van der Waals surface area (Å²) in [5.41, 5.74) is 5.50. The molecule has 1 amide bonds. The van der Waals surface area contributed by atoms with Crippen LogP contribution in [0.3, 0.4) is 0 Å². The third-order valence-electron chi connectivity index (χ3n) is 7.05. The molecule has 2 aromatic heterocycles. The van der Waals surface area contributed by atoms with Crippen molar-refractivity contribution in [2.24, 2.45) is 0 Å². The SMILES string of the molecule is CC(C)(C)[S+]([O-])N1Cc2cc(C(=O)NCc3ccccc3F)nc(-c3cccc(-c4cccnc4)c3)c2[C@H]1CCO. The summed E-state index contributed by atoms with van der Waals surface area (Å²) in [5.74, 6) is -0.829. The third kappa shape index (κ3) is 6.18. The maximum atomic E-state index is 14.2. The number of hydrogen-bond acceptors (Lipinski definition) is 6. The molecule has 1 unspecified atom stereocenters. The van der Waals surface area contributed by atoms with E-state index in [4.69, 9.17) is 4.98 Å². The predicted molar refractivity (Wildman–Crippen MR) is 158 cm³/mol. The number of nitrogens with one attached hydrogen (secondary N) is 1. The number of pyridine rings is 2. The fraction of sp³-hybridized carbons (Fsp3) is 0.281. The van der Waals surface area contributed by atoms with Crippen LogP contribution in [0.5, 0.6) is 0 Å². The van der Waals surface area contributed by atoms with Crippen LogP contribution in [0.1, 0.15) is 60.4 Å². The van der Waals surface area contributed by atoms with E-state index in [9.17, 15) is 18.8 Å². The summed E-state index contributed by atoms with van der Waals surface area (Å²) >= 11 is -1.37. The zero-order valence-corrected chi connectivity index (χ0v) is 24.1. The number of aliphatic hydroxyl groups excluding tert-OH is 1. The second-order valence-corrected chi connectivity index (χ2v) is 13.2. The summed E-state index contributed by atoms with van der Waals surface area (Å²) in [6.45, 7) is 6.02. The number of amides is 1. The standard InChI is InChI=1S/C32H33FN4O3S/c1-32(2,3)41(40)37-20-25-17-27(31(39)35-19-24-8-4-5-12-26(24)33)36-30(29(25)28(37)13-15-38)22-10-6-9-21(16-22)23-11-7-14-34-18-23/h4-12,14,16-18,28,38H,13,15,19-20H2,1-3H3,(H,35,39)/t28-,41?/m1/s1. The lowest BCUT2D eigenvalue weighted by molar-refractivity contribution is 0.0945. The van der Waals surface area contributed by atoms with E-state index in [0.717, 1.165) is 27.8 Å². The second kappa shape index (κ2) is 12.1. The minimum atomic E-state index is -1.37. The Bertz CT molecular complexity index is 1540. The predicted octanol–water partition coefficient (Wildman–Crippen LogP) is 5.58. The Morgan fingerprint density at radius 1 is 1.10 bits per heavy atom. The molecule has 0 saturated heterocycles. The van der Waals surface area contributed by atoms with Gasteiger partial charge in [0.1, 0.15) is 16.3 Å². The van der Waals surface area contributed by atoms with E-state index in [-0.39, 0.29) is 24.9 Å². The average molecular weight is 573 g/mol. The van der Waals surface area contributed by atoms with Crippen molar-refractivity contribution >= 4 is 17.3 Å². The van der Waals surface area contributed by atoms with Gasteiger partial charge in [0.25, 0.3) is 5.91 Å². The molecule has 5 rings (SSSR count). The molecule has 3 heterocycles. The van der Waals surface area contributed by atoms with E-state index >= 15 is 0 Å². The molecule has 9 heteroatoms. The van der Waals surface area contributed by atoms with Crippen LogP contribution in [-0.2, 0) is 24.5 Å². The maximum absolute atomic E-state index is 14.2. The van der Waals surface area contributed by atoms with Crippen molar-refractivity contribution in [3.8, 4) is 22.4 Å². The van der Waals surface area contributed by atoms with E-state index < -0.39 is 27.8 Å². The molecule has 1 aliphatic heterocycles. The largest absolute Gasteiger partial charge is 0.597 e. The molecule has 4 aromatic rings. The Hall–Kier alpha value is -3.63. The van der Waals surface area contributed by atoms with Gasteiger partial charge < -0.3 is 15.0 Å². The topological polar surface area (TPSA) is 101 Å². The van der Waals surface area contributed by atoms with E-state index in [0.29, 0.717) is 24.2 Å². The van der Waals surface area contributed by atoms with Gasteiger partial charge in [-0.1, -0.05) is 42.5 Å². The number of aliphatic hydroxyl groups is 1. The van der Waals surface area contributed by atoms with E-state index in [1.54, 1.807) is 36.7 Å². The summed E-state index contributed by atoms with van der Waals surface area (Å²) < 4.78 is 29.2. The Labute approximate surface area is 242 Å². The van der Waals surface area contributed by atoms with Gasteiger partial charge in [0.05, 0.1) is 18.3 Å². The minimum Gasteiger partial charge on any atom is -0.597 e. The number of carbonyl (C=O) groups is 1. The number of aromatic nitrogens is 2. The molecule has 1 aliphatic rings. The zero-order valence-electron chi connectivity index (χ0n) is 23.3. The van der Waals surface area contributed by atoms with Crippen LogP contribution in [0, 0.1) is 5.82 Å². The molecule has 7 nitrogen and oxygen atoms in total. The Morgan fingerprint density at radius 2 is 1.85 bits per heavy atom. The van der Waals surface area contributed by atoms with Crippen molar-refractivity contribution in [1.29, 1.82) is 0 Å². The average Bonchev–Trinajstić information content (AvgIpc) is 3.34. The highest BCUT2D eigenvalue weighted by Crippen LogP contribution is 2.45. The summed E-state index contributed by atoms with van der Waals surface area (Å²) in [4.78, 5) is 22.4. The first kappa shape index (κ1) is 28.9. The summed E-state index contributed by atoms with van der Waals surface area (Å²) in [7, 11) is 0. The quantitative estimate of drug-likeness (QED) is 0.267. The molecular weight excluding hydrogens is 539 g/mol. The molecular formula is C32H33FN4O3S. The number of benzene rings is 2. The first-order chi connectivity index (χ1) is 19.7. The highest BCUT2D eigenvalue weighted by molar-refractivity contribution is 7.90. The van der Waals surface area contributed by atoms with Gasteiger partial charge in [-0.05, 0) is 62.6 Å². The Balaban J connectivity index is 1.60. The van der Waals surface area contributed by atoms with Crippen molar-refractivity contribution in [2.75, 3.05) is 6.61 Å². The molecule has 0 spiro atoms. The number of rotatable bonds is 8. The molecule has 41 heavy (non-hydrogen) atoms. The number of carbonyl (C=O) groups excluding carboxylic acids is 1. The summed E-state index contributed by atoms with van der Waals surface area (Å²) in [5, 5.41) is 12.8. The van der Waals surface area contributed by atoms with Crippen molar-refractivity contribution in [3.05, 3.63) is 107 Å². The van der Waals surface area contributed by atoms with Gasteiger partial charge >= 0.3 is 0 Å². The molecule has 0 bridgehead atoms. The number of nitrogens with zero attached hydrogens (tertiary/aromatic N) is 3. The zero-order chi connectivity index (χ0) is 29.1. The summed E-state index contributed by atoms with van der Waals surface area (Å²) in [6.07, 6.45) is 3.87. The van der Waals surface area contributed by atoms with Gasteiger partial charge in [-0.25, -0.2) is 9.37 Å². The fourth-order valence-electron chi connectivity index (χ4n) is 5.09. The van der Waals surface area contributed by atoms with Crippen molar-refractivity contribution in [1.82, 2.24) is 19.6 Å². The van der Waals surface area contributed by atoms with Crippen LogP contribution in [0.25, 0.3) is 22.4 Å². The molecule has 212 valence electrons. The molecule has 2 N–H and O–H groups in total. The normalized spacial score (nSPS) is 15.9. The van der Waals surface area contributed by atoms with Gasteiger partial charge in [0, 0.05) is 59.2 Å². The lowest BCUT2D eigenvalue weighted by Crippen LogP contribution is -2.42. The Kier molecular flexibility index (Phi) is 8.51. The monoisotopic (exact) mass is 572 g/mol. The van der Waals surface area contributed by atoms with Gasteiger partial charge in [-0.15, -0.1) is 4.31 Å². The lowest BCUT2D eigenvalue weighted by atomic mass is 9.94. The van der Waals surface area contributed by atoms with Crippen LogP contribution < -0.4 is 5.32 Å². The van der Waals surface area contributed by atoms with Crippen LogP contribution >= 0.6 is 0 Å². The van der Waals surface area contributed by atoms with Crippen molar-refractivity contribution < 1.29 is 18.8 Å².